The van der Waals surface area contributed by atoms with Gasteiger partial charge in [-0.05, 0) is 55.5 Å². The van der Waals surface area contributed by atoms with Gasteiger partial charge in [0, 0.05) is 38.9 Å². The largest absolute Gasteiger partial charge is 0.461 e. The summed E-state index contributed by atoms with van der Waals surface area (Å²) in [6.45, 7) is 2.00. The Bertz CT molecular complexity index is 1620. The molecule has 5 rings (SSSR count). The van der Waals surface area contributed by atoms with Gasteiger partial charge >= 0.3 is 5.97 Å². The molecule has 1 unspecified atom stereocenters. The van der Waals surface area contributed by atoms with E-state index >= 15 is 0 Å². The van der Waals surface area contributed by atoms with Gasteiger partial charge < -0.3 is 15.0 Å². The van der Waals surface area contributed by atoms with Crippen molar-refractivity contribution in [3.63, 3.8) is 0 Å². The molecule has 9 nitrogen and oxygen atoms in total. The molecule has 2 aromatic heterocycles. The van der Waals surface area contributed by atoms with Crippen molar-refractivity contribution in [3.05, 3.63) is 79.5 Å². The summed E-state index contributed by atoms with van der Waals surface area (Å²) in [7, 11) is 0. The molecule has 0 bridgehead atoms. The van der Waals surface area contributed by atoms with Crippen LogP contribution in [0.5, 0.6) is 0 Å². The molecule has 1 fully saturated rings. The minimum absolute atomic E-state index is 0.0243. The van der Waals surface area contributed by atoms with Crippen molar-refractivity contribution in [2.45, 2.75) is 13.3 Å². The highest BCUT2D eigenvalue weighted by atomic mass is 79.9. The third-order valence-corrected chi connectivity index (χ3v) is 7.74. The topological polar surface area (TPSA) is 111 Å². The van der Waals surface area contributed by atoms with Crippen molar-refractivity contribution in [3.8, 4) is 5.69 Å². The lowest BCUT2D eigenvalue weighted by Gasteiger charge is -2.16. The molecule has 0 saturated carbocycles. The van der Waals surface area contributed by atoms with Crippen LogP contribution in [0.15, 0.2) is 63.2 Å². The summed E-state index contributed by atoms with van der Waals surface area (Å²) in [6.07, 6.45) is 0.0243. The Hall–Kier alpha value is -3.54. The number of carbonyl (C=O) groups excluding carboxylic acids is 3. The lowest BCUT2D eigenvalue weighted by molar-refractivity contribution is -0.122. The number of hydrogen-bond acceptors (Lipinski definition) is 7. The third-order valence-electron chi connectivity index (χ3n) is 6.06. The van der Waals surface area contributed by atoms with Gasteiger partial charge in [0.05, 0.1) is 23.6 Å². The van der Waals surface area contributed by atoms with Crippen LogP contribution < -0.4 is 15.8 Å². The Morgan fingerprint density at radius 3 is 2.50 bits per heavy atom. The van der Waals surface area contributed by atoms with Crippen LogP contribution in [0.25, 0.3) is 16.5 Å². The number of esters is 1. The second kappa shape index (κ2) is 10.7. The average molecular weight is 616 g/mol. The molecule has 194 valence electrons. The Morgan fingerprint density at radius 2 is 1.82 bits per heavy atom. The summed E-state index contributed by atoms with van der Waals surface area (Å²) < 4.78 is 7.10. The Morgan fingerprint density at radius 1 is 1.13 bits per heavy atom. The van der Waals surface area contributed by atoms with Crippen LogP contribution in [0.3, 0.4) is 0 Å². The number of amides is 2. The van der Waals surface area contributed by atoms with Gasteiger partial charge in [-0.3, -0.25) is 14.4 Å². The van der Waals surface area contributed by atoms with Gasteiger partial charge in [0.2, 0.25) is 11.8 Å². The predicted molar refractivity (Wildman–Crippen MR) is 149 cm³/mol. The van der Waals surface area contributed by atoms with Gasteiger partial charge in [0.1, 0.15) is 5.00 Å². The zero-order chi connectivity index (χ0) is 27.0. The molecule has 3 heterocycles. The number of nitrogens with one attached hydrogen (secondary N) is 1. The minimum Gasteiger partial charge on any atom is -0.461 e. The van der Waals surface area contributed by atoms with Gasteiger partial charge in [-0.15, -0.1) is 11.3 Å². The van der Waals surface area contributed by atoms with E-state index in [1.807, 2.05) is 0 Å². The Balaban J connectivity index is 1.50. The number of fused-ring (bicyclic) bond motifs is 1. The maximum absolute atomic E-state index is 13.6. The molecule has 4 aromatic rings. The van der Waals surface area contributed by atoms with Crippen LogP contribution in [-0.2, 0) is 14.3 Å². The van der Waals surface area contributed by atoms with Gasteiger partial charge in [-0.2, -0.15) is 9.78 Å². The van der Waals surface area contributed by atoms with E-state index in [4.69, 9.17) is 16.3 Å². The molecule has 1 aliphatic rings. The fourth-order valence-electron chi connectivity index (χ4n) is 4.22. The van der Waals surface area contributed by atoms with Crippen LogP contribution in [0.1, 0.15) is 23.8 Å². The minimum atomic E-state index is -0.681. The molecule has 2 amide bonds. The van der Waals surface area contributed by atoms with E-state index in [1.54, 1.807) is 60.8 Å². The molecule has 1 atom stereocenters. The summed E-state index contributed by atoms with van der Waals surface area (Å²) in [6, 6.07) is 13.7. The molecule has 1 N–H and O–H groups in total. The van der Waals surface area contributed by atoms with E-state index in [0.29, 0.717) is 16.4 Å². The van der Waals surface area contributed by atoms with Gasteiger partial charge in [-0.1, -0.05) is 27.5 Å². The van der Waals surface area contributed by atoms with Crippen molar-refractivity contribution in [2.24, 2.45) is 5.92 Å². The maximum Gasteiger partial charge on any atom is 0.359 e. The number of halogens is 2. The monoisotopic (exact) mass is 614 g/mol. The SMILES string of the molecule is CCOC(=O)c1nn(-c2ccc(Br)cc2)c(=O)c2c(NC(=O)C3CC(=O)N(c4ccc(Cl)cc4)C3)scc12. The summed E-state index contributed by atoms with van der Waals surface area (Å²) in [5.41, 5.74) is 0.552. The molecule has 0 spiro atoms. The van der Waals surface area contributed by atoms with Crippen molar-refractivity contribution in [1.82, 2.24) is 9.78 Å². The van der Waals surface area contributed by atoms with Crippen molar-refractivity contribution < 1.29 is 19.1 Å². The maximum atomic E-state index is 13.6. The summed E-state index contributed by atoms with van der Waals surface area (Å²) in [5.74, 6) is -1.90. The molecule has 0 aliphatic carbocycles. The molecule has 0 radical (unpaired) electrons. The molecule has 12 heteroatoms. The first kappa shape index (κ1) is 26.1. The number of anilines is 2. The lowest BCUT2D eigenvalue weighted by atomic mass is 10.1. The average Bonchev–Trinajstić information content (AvgIpc) is 3.50. The second-order valence-electron chi connectivity index (χ2n) is 8.49. The lowest BCUT2D eigenvalue weighted by Crippen LogP contribution is -2.29. The first-order chi connectivity index (χ1) is 18.3. The van der Waals surface area contributed by atoms with E-state index in [2.05, 4.69) is 26.3 Å². The fourth-order valence-corrected chi connectivity index (χ4v) is 5.55. The number of thiophene rings is 1. The van der Waals surface area contributed by atoms with E-state index in [1.165, 1.54) is 4.90 Å². The van der Waals surface area contributed by atoms with Crippen LogP contribution >= 0.6 is 38.9 Å². The summed E-state index contributed by atoms with van der Waals surface area (Å²) >= 11 is 10.4. The quantitative estimate of drug-likeness (QED) is 0.305. The zero-order valence-corrected chi connectivity index (χ0v) is 23.1. The van der Waals surface area contributed by atoms with E-state index in [9.17, 15) is 19.2 Å². The van der Waals surface area contributed by atoms with Crippen molar-refractivity contribution in [1.29, 1.82) is 0 Å². The van der Waals surface area contributed by atoms with E-state index in [-0.39, 0.29) is 46.9 Å². The highest BCUT2D eigenvalue weighted by Crippen LogP contribution is 2.33. The molecule has 1 aliphatic heterocycles. The summed E-state index contributed by atoms with van der Waals surface area (Å²) in [5, 5.41) is 9.95. The van der Waals surface area contributed by atoms with Crippen LogP contribution in [0.2, 0.25) is 5.02 Å². The molecule has 2 aromatic carbocycles. The highest BCUT2D eigenvalue weighted by molar-refractivity contribution is 9.10. The van der Waals surface area contributed by atoms with E-state index < -0.39 is 23.4 Å². The molecule has 1 saturated heterocycles. The molecular formula is C26H20BrClN4O5S. The number of nitrogens with zero attached hydrogens (tertiary/aromatic N) is 3. The van der Waals surface area contributed by atoms with Gasteiger partial charge in [-0.25, -0.2) is 4.79 Å². The number of carbonyl (C=O) groups is 3. The van der Waals surface area contributed by atoms with Crippen LogP contribution in [0.4, 0.5) is 10.7 Å². The normalized spacial score (nSPS) is 15.2. The van der Waals surface area contributed by atoms with E-state index in [0.717, 1.165) is 20.5 Å². The van der Waals surface area contributed by atoms with Crippen molar-refractivity contribution >= 4 is 78.1 Å². The fraction of sp³-hybridized carbons (Fsp3) is 0.192. The predicted octanol–water partition coefficient (Wildman–Crippen LogP) is 5.03. The Kier molecular flexibility index (Phi) is 7.33. The zero-order valence-electron chi connectivity index (χ0n) is 19.9. The number of ether oxygens (including phenoxy) is 1. The number of benzene rings is 2. The smallest absolute Gasteiger partial charge is 0.359 e. The van der Waals surface area contributed by atoms with Gasteiger partial charge in [0.25, 0.3) is 5.56 Å². The third kappa shape index (κ3) is 4.96. The molecular weight excluding hydrogens is 596 g/mol. The van der Waals surface area contributed by atoms with Crippen LogP contribution in [0, 0.1) is 5.92 Å². The standard InChI is InChI=1S/C26H20BrClN4O5S/c1-2-37-26(36)22-19-13-38-24(21(19)25(35)32(30-22)18-7-3-15(27)4-8-18)29-23(34)14-11-20(33)31(12-14)17-9-5-16(28)6-10-17/h3-10,13-14H,2,11-12H2,1H3,(H,29,34). The second-order valence-corrected chi connectivity index (χ2v) is 10.7. The highest BCUT2D eigenvalue weighted by Gasteiger charge is 2.36. The van der Waals surface area contributed by atoms with Crippen molar-refractivity contribution in [2.75, 3.05) is 23.4 Å². The van der Waals surface area contributed by atoms with Gasteiger partial charge in [0.15, 0.2) is 5.69 Å². The number of rotatable bonds is 6. The molecule has 38 heavy (non-hydrogen) atoms. The first-order valence-electron chi connectivity index (χ1n) is 11.6. The van der Waals surface area contributed by atoms with Crippen LogP contribution in [-0.4, -0.2) is 40.7 Å². The summed E-state index contributed by atoms with van der Waals surface area (Å²) in [4.78, 5) is 53.7. The first-order valence-corrected chi connectivity index (χ1v) is 13.7. The number of hydrogen-bond donors (Lipinski definition) is 1. The number of aromatic nitrogens is 2. The Labute approximate surface area is 234 Å².